The van der Waals surface area contributed by atoms with Gasteiger partial charge in [0.05, 0.1) is 18.1 Å². The summed E-state index contributed by atoms with van der Waals surface area (Å²) in [6.45, 7) is 1.26. The second-order valence-corrected chi connectivity index (χ2v) is 8.69. The van der Waals surface area contributed by atoms with E-state index in [0.29, 0.717) is 48.4 Å². The molecule has 0 aliphatic carbocycles. The van der Waals surface area contributed by atoms with Crippen LogP contribution in [0.2, 0.25) is 5.02 Å². The fraction of sp³-hybridized carbons (Fsp3) is 0.261. The zero-order valence-electron chi connectivity index (χ0n) is 18.7. The third kappa shape index (κ3) is 5.19. The van der Waals surface area contributed by atoms with E-state index < -0.39 is 6.09 Å². The molecule has 2 aliphatic rings. The number of pyridine rings is 1. The molecule has 4 heterocycles. The molecule has 1 fully saturated rings. The predicted octanol–water partition coefficient (Wildman–Crippen LogP) is 3.94. The van der Waals surface area contributed by atoms with E-state index in [1.807, 2.05) is 24.3 Å². The number of benzene rings is 1. The van der Waals surface area contributed by atoms with E-state index in [9.17, 15) is 9.59 Å². The van der Waals surface area contributed by atoms with Gasteiger partial charge in [0.2, 0.25) is 5.95 Å². The molecule has 5 rings (SSSR count). The maximum Gasteiger partial charge on any atom is 0.407 e. The van der Waals surface area contributed by atoms with Gasteiger partial charge >= 0.3 is 12.1 Å². The number of carbonyl (C=O) groups excluding carboxylic acids is 1. The van der Waals surface area contributed by atoms with Gasteiger partial charge in [-0.2, -0.15) is 4.98 Å². The molecule has 3 amide bonds. The monoisotopic (exact) mass is 494 g/mol. The van der Waals surface area contributed by atoms with Crippen LogP contribution in [0.5, 0.6) is 0 Å². The molecular formula is C23H23ClN8O3. The zero-order valence-corrected chi connectivity index (χ0v) is 19.4. The normalized spacial score (nSPS) is 15.0. The Morgan fingerprint density at radius 1 is 0.971 bits per heavy atom. The van der Waals surface area contributed by atoms with Gasteiger partial charge in [0, 0.05) is 43.8 Å². The minimum absolute atomic E-state index is 0.258. The van der Waals surface area contributed by atoms with Crippen LogP contribution in [0.25, 0.3) is 0 Å². The van der Waals surface area contributed by atoms with Crippen molar-refractivity contribution >= 4 is 52.6 Å². The Balaban J connectivity index is 1.42. The molecule has 35 heavy (non-hydrogen) atoms. The predicted molar refractivity (Wildman–Crippen MR) is 132 cm³/mol. The average molecular weight is 495 g/mol. The quantitative estimate of drug-likeness (QED) is 0.399. The van der Waals surface area contributed by atoms with Crippen molar-refractivity contribution in [1.82, 2.24) is 24.8 Å². The molecular weight excluding hydrogens is 472 g/mol. The zero-order chi connectivity index (χ0) is 24.4. The number of nitrogens with zero attached hydrogens (tertiary/aromatic N) is 5. The van der Waals surface area contributed by atoms with Crippen molar-refractivity contribution in [3.8, 4) is 0 Å². The van der Waals surface area contributed by atoms with Gasteiger partial charge in [-0.1, -0.05) is 11.6 Å². The molecule has 0 spiro atoms. The largest absolute Gasteiger partial charge is 0.465 e. The fourth-order valence-corrected chi connectivity index (χ4v) is 4.19. The number of nitrogens with one attached hydrogen (secondary N) is 3. The van der Waals surface area contributed by atoms with Crippen LogP contribution < -0.4 is 16.0 Å². The van der Waals surface area contributed by atoms with Crippen LogP contribution in [-0.4, -0.2) is 68.2 Å². The maximum atomic E-state index is 12.9. The first-order chi connectivity index (χ1) is 16.9. The van der Waals surface area contributed by atoms with Crippen molar-refractivity contribution in [2.45, 2.75) is 12.8 Å². The lowest BCUT2D eigenvalue weighted by atomic mass is 10.0. The number of halogens is 1. The molecule has 0 saturated carbocycles. The first kappa shape index (κ1) is 22.7. The Morgan fingerprint density at radius 3 is 2.57 bits per heavy atom. The molecule has 2 aliphatic heterocycles. The van der Waals surface area contributed by atoms with E-state index in [-0.39, 0.29) is 19.1 Å². The van der Waals surface area contributed by atoms with Gasteiger partial charge in [-0.25, -0.2) is 14.6 Å². The van der Waals surface area contributed by atoms with E-state index in [1.165, 1.54) is 11.1 Å². The fourth-order valence-electron chi connectivity index (χ4n) is 4.05. The number of urea groups is 1. The van der Waals surface area contributed by atoms with Crippen LogP contribution in [0.1, 0.15) is 11.1 Å². The third-order valence-corrected chi connectivity index (χ3v) is 6.20. The minimum atomic E-state index is -0.968. The summed E-state index contributed by atoms with van der Waals surface area (Å²) < 4.78 is 0. The van der Waals surface area contributed by atoms with Crippen molar-refractivity contribution in [3.63, 3.8) is 0 Å². The van der Waals surface area contributed by atoms with E-state index in [2.05, 4.69) is 30.9 Å². The SMILES string of the molecule is O=C(O)N1CCN(C(=O)Nc2ccc3cc2CCc2cncc(c2)Nc2ncc(Cl)c(n2)N3)CC1. The van der Waals surface area contributed by atoms with E-state index in [4.69, 9.17) is 16.7 Å². The van der Waals surface area contributed by atoms with Crippen LogP contribution >= 0.6 is 11.6 Å². The van der Waals surface area contributed by atoms with E-state index in [0.717, 1.165) is 22.5 Å². The van der Waals surface area contributed by atoms with Gasteiger partial charge in [0.25, 0.3) is 0 Å². The summed E-state index contributed by atoms with van der Waals surface area (Å²) in [5.74, 6) is 0.841. The second-order valence-electron chi connectivity index (χ2n) is 8.28. The van der Waals surface area contributed by atoms with E-state index >= 15 is 0 Å². The first-order valence-corrected chi connectivity index (χ1v) is 11.5. The summed E-state index contributed by atoms with van der Waals surface area (Å²) in [7, 11) is 0. The Hall–Kier alpha value is -4.12. The van der Waals surface area contributed by atoms with Crippen LogP contribution in [0.4, 0.5) is 38.4 Å². The molecule has 0 atom stereocenters. The highest BCUT2D eigenvalue weighted by Gasteiger charge is 2.24. The molecule has 6 bridgehead atoms. The number of aryl methyl sites for hydroxylation is 2. The molecule has 0 unspecified atom stereocenters. The lowest BCUT2D eigenvalue weighted by Gasteiger charge is -2.33. The molecule has 3 aromatic rings. The number of hydrogen-bond donors (Lipinski definition) is 4. The van der Waals surface area contributed by atoms with Crippen LogP contribution in [0, 0.1) is 0 Å². The number of aromatic nitrogens is 3. The number of carboxylic acid groups (broad SMARTS) is 1. The average Bonchev–Trinajstić information content (AvgIpc) is 2.86. The Kier molecular flexibility index (Phi) is 6.23. The topological polar surface area (TPSA) is 136 Å². The molecule has 2 aromatic heterocycles. The molecule has 180 valence electrons. The Labute approximate surface area is 206 Å². The van der Waals surface area contributed by atoms with Gasteiger partial charge < -0.3 is 30.9 Å². The summed E-state index contributed by atoms with van der Waals surface area (Å²) in [5, 5.41) is 18.9. The Bertz CT molecular complexity index is 1280. The molecule has 11 nitrogen and oxygen atoms in total. The number of carbonyl (C=O) groups is 2. The summed E-state index contributed by atoms with van der Waals surface area (Å²) in [6, 6.07) is 7.37. The highest BCUT2D eigenvalue weighted by atomic mass is 35.5. The lowest BCUT2D eigenvalue weighted by Crippen LogP contribution is -2.51. The number of hydrogen-bond acceptors (Lipinski definition) is 7. The third-order valence-electron chi connectivity index (χ3n) is 5.93. The summed E-state index contributed by atoms with van der Waals surface area (Å²) in [4.78, 5) is 40.0. The molecule has 4 N–H and O–H groups in total. The second kappa shape index (κ2) is 9.63. The summed E-state index contributed by atoms with van der Waals surface area (Å²) >= 11 is 6.32. The molecule has 1 aromatic carbocycles. The van der Waals surface area contributed by atoms with Crippen molar-refractivity contribution in [1.29, 1.82) is 0 Å². The molecule has 12 heteroatoms. The standard InChI is InChI=1S/C23H23ClN8O3/c24-18-13-26-21-28-17-9-14(11-25-12-17)1-2-15-10-16(27-20(18)30-21)3-4-19(15)29-22(33)31-5-7-32(8-6-31)23(34)35/h3-4,9-13H,1-2,5-8H2,(H,29,33)(H,34,35)(H2,26,27,28,30). The molecule has 1 saturated heterocycles. The lowest BCUT2D eigenvalue weighted by molar-refractivity contribution is 0.115. The van der Waals surface area contributed by atoms with Crippen LogP contribution in [0.15, 0.2) is 42.9 Å². The van der Waals surface area contributed by atoms with Crippen LogP contribution in [0.3, 0.4) is 0 Å². The van der Waals surface area contributed by atoms with Crippen molar-refractivity contribution in [2.24, 2.45) is 0 Å². The van der Waals surface area contributed by atoms with Gasteiger partial charge in [-0.05, 0) is 48.2 Å². The Morgan fingerprint density at radius 2 is 1.77 bits per heavy atom. The number of rotatable bonds is 1. The van der Waals surface area contributed by atoms with Gasteiger partial charge in [0.1, 0.15) is 5.02 Å². The highest BCUT2D eigenvalue weighted by molar-refractivity contribution is 6.32. The summed E-state index contributed by atoms with van der Waals surface area (Å²) in [6.07, 6.45) is 5.41. The van der Waals surface area contributed by atoms with Crippen molar-refractivity contribution in [2.75, 3.05) is 42.1 Å². The number of anilines is 5. The molecule has 0 radical (unpaired) electrons. The van der Waals surface area contributed by atoms with Crippen LogP contribution in [-0.2, 0) is 12.8 Å². The van der Waals surface area contributed by atoms with Crippen molar-refractivity contribution in [3.05, 3.63) is 59.0 Å². The maximum absolute atomic E-state index is 12.9. The van der Waals surface area contributed by atoms with Crippen molar-refractivity contribution < 1.29 is 14.7 Å². The number of amides is 3. The van der Waals surface area contributed by atoms with Gasteiger partial charge in [-0.15, -0.1) is 0 Å². The van der Waals surface area contributed by atoms with E-state index in [1.54, 1.807) is 17.3 Å². The first-order valence-electron chi connectivity index (χ1n) is 11.1. The summed E-state index contributed by atoms with van der Waals surface area (Å²) in [5.41, 5.74) is 4.16. The van der Waals surface area contributed by atoms with Gasteiger partial charge in [0.15, 0.2) is 5.82 Å². The highest BCUT2D eigenvalue weighted by Crippen LogP contribution is 2.29. The minimum Gasteiger partial charge on any atom is -0.465 e. The number of fused-ring (bicyclic) bond motifs is 6. The smallest absolute Gasteiger partial charge is 0.407 e. The van der Waals surface area contributed by atoms with Gasteiger partial charge in [-0.3, -0.25) is 4.98 Å². The number of piperazine rings is 1.